The summed E-state index contributed by atoms with van der Waals surface area (Å²) in [6, 6.07) is 6.99. The molecule has 3 rings (SSSR count). The molecule has 0 radical (unpaired) electrons. The highest BCUT2D eigenvalue weighted by Gasteiger charge is 2.32. The van der Waals surface area contributed by atoms with Crippen molar-refractivity contribution in [3.05, 3.63) is 53.3 Å². The second kappa shape index (κ2) is 7.46. The van der Waals surface area contributed by atoms with Crippen molar-refractivity contribution >= 4 is 5.91 Å². The van der Waals surface area contributed by atoms with Gasteiger partial charge in [-0.15, -0.1) is 0 Å². The zero-order valence-corrected chi connectivity index (χ0v) is 14.8. The number of aromatic nitrogens is 1. The van der Waals surface area contributed by atoms with E-state index >= 15 is 0 Å². The quantitative estimate of drug-likeness (QED) is 0.871. The topological polar surface area (TPSA) is 60.5 Å². The van der Waals surface area contributed by atoms with Gasteiger partial charge in [0.1, 0.15) is 18.9 Å². The fourth-order valence-corrected chi connectivity index (χ4v) is 2.81. The molecule has 0 saturated carbocycles. The summed E-state index contributed by atoms with van der Waals surface area (Å²) < 4.78 is 48.9. The highest BCUT2D eigenvalue weighted by atomic mass is 19.4. The normalized spacial score (nSPS) is 14.7. The van der Waals surface area contributed by atoms with Crippen LogP contribution in [0.4, 0.5) is 13.2 Å². The number of pyridine rings is 1. The number of carbonyl (C=O) groups is 1. The summed E-state index contributed by atoms with van der Waals surface area (Å²) in [5.41, 5.74) is -0.153. The first-order valence-corrected chi connectivity index (χ1v) is 8.49. The Morgan fingerprint density at radius 2 is 1.81 bits per heavy atom. The largest absolute Gasteiger partial charge is 0.486 e. The summed E-state index contributed by atoms with van der Waals surface area (Å²) in [4.78, 5) is 15.8. The van der Waals surface area contributed by atoms with E-state index in [1.165, 1.54) is 0 Å². The number of fused-ring (bicyclic) bond motifs is 1. The molecule has 8 heteroatoms. The highest BCUT2D eigenvalue weighted by Crippen LogP contribution is 2.34. The maximum Gasteiger partial charge on any atom is 0.433 e. The van der Waals surface area contributed by atoms with E-state index in [0.29, 0.717) is 24.7 Å². The number of benzene rings is 1. The molecule has 0 aliphatic carbocycles. The number of hydrogen-bond donors (Lipinski definition) is 1. The molecule has 1 amide bonds. The Morgan fingerprint density at radius 1 is 1.11 bits per heavy atom. The minimum atomic E-state index is -4.54. The van der Waals surface area contributed by atoms with Crippen LogP contribution in [0.2, 0.25) is 0 Å². The van der Waals surface area contributed by atoms with Crippen LogP contribution in [0, 0.1) is 5.92 Å². The van der Waals surface area contributed by atoms with E-state index in [2.05, 4.69) is 10.3 Å². The Labute approximate surface area is 154 Å². The van der Waals surface area contributed by atoms with Crippen LogP contribution in [0.25, 0.3) is 0 Å². The Kier molecular flexibility index (Phi) is 5.25. The van der Waals surface area contributed by atoms with Crippen molar-refractivity contribution in [2.45, 2.75) is 26.1 Å². The fraction of sp³-hybridized carbons (Fsp3) is 0.368. The van der Waals surface area contributed by atoms with Crippen LogP contribution in [0.1, 0.15) is 41.5 Å². The molecule has 1 aromatic heterocycles. The molecule has 1 aliphatic rings. The minimum Gasteiger partial charge on any atom is -0.486 e. The zero-order valence-electron chi connectivity index (χ0n) is 14.8. The number of amides is 1. The molecule has 1 aromatic carbocycles. The monoisotopic (exact) mass is 380 g/mol. The van der Waals surface area contributed by atoms with Gasteiger partial charge in [-0.3, -0.25) is 9.78 Å². The standard InChI is InChI=1S/C19H19F3N2O3/c1-11(2)17(12-3-5-14-15(9-12)27-8-7-26-14)24-18(25)13-4-6-16(23-10-13)19(20,21)22/h3-6,9-11,17H,7-8H2,1-2H3,(H,24,25). The maximum atomic E-state index is 12.6. The van der Waals surface area contributed by atoms with Crippen molar-refractivity contribution < 1.29 is 27.4 Å². The van der Waals surface area contributed by atoms with Gasteiger partial charge in [0.25, 0.3) is 5.91 Å². The summed E-state index contributed by atoms with van der Waals surface area (Å²) >= 11 is 0. The third-order valence-electron chi connectivity index (χ3n) is 4.19. The third-order valence-corrected chi connectivity index (χ3v) is 4.19. The summed E-state index contributed by atoms with van der Waals surface area (Å²) in [5.74, 6) is 0.796. The predicted octanol–water partition coefficient (Wildman–Crippen LogP) is 4.00. The molecule has 0 saturated heterocycles. The number of rotatable bonds is 4. The molecular weight excluding hydrogens is 361 g/mol. The zero-order chi connectivity index (χ0) is 19.6. The third kappa shape index (κ3) is 4.32. The van der Waals surface area contributed by atoms with Gasteiger partial charge in [-0.05, 0) is 35.7 Å². The number of alkyl halides is 3. The molecule has 0 fully saturated rings. The van der Waals surface area contributed by atoms with Crippen molar-refractivity contribution in [3.63, 3.8) is 0 Å². The lowest BCUT2D eigenvalue weighted by Crippen LogP contribution is -2.32. The van der Waals surface area contributed by atoms with Gasteiger partial charge in [0.2, 0.25) is 0 Å². The molecule has 2 aromatic rings. The van der Waals surface area contributed by atoms with E-state index in [1.807, 2.05) is 26.0 Å². The van der Waals surface area contributed by atoms with Crippen LogP contribution in [0.5, 0.6) is 11.5 Å². The van der Waals surface area contributed by atoms with Gasteiger partial charge in [-0.2, -0.15) is 13.2 Å². The van der Waals surface area contributed by atoms with Gasteiger partial charge in [0.05, 0.1) is 11.6 Å². The van der Waals surface area contributed by atoms with Crippen LogP contribution >= 0.6 is 0 Å². The lowest BCUT2D eigenvalue weighted by atomic mass is 9.95. The van der Waals surface area contributed by atoms with Gasteiger partial charge in [-0.1, -0.05) is 19.9 Å². The molecule has 2 heterocycles. The molecule has 0 bridgehead atoms. The van der Waals surface area contributed by atoms with E-state index in [9.17, 15) is 18.0 Å². The van der Waals surface area contributed by atoms with E-state index < -0.39 is 17.8 Å². The Balaban J connectivity index is 1.79. The number of ether oxygens (including phenoxy) is 2. The van der Waals surface area contributed by atoms with Crippen LogP contribution in [0.15, 0.2) is 36.5 Å². The van der Waals surface area contributed by atoms with Crippen molar-refractivity contribution in [3.8, 4) is 11.5 Å². The Hall–Kier alpha value is -2.77. The van der Waals surface area contributed by atoms with E-state index in [1.54, 1.807) is 6.07 Å². The summed E-state index contributed by atoms with van der Waals surface area (Å²) in [6.07, 6.45) is -3.61. The number of nitrogens with one attached hydrogen (secondary N) is 1. The fourth-order valence-electron chi connectivity index (χ4n) is 2.81. The molecule has 1 atom stereocenters. The molecule has 5 nitrogen and oxygen atoms in total. The second-order valence-electron chi connectivity index (χ2n) is 6.53. The highest BCUT2D eigenvalue weighted by molar-refractivity contribution is 5.94. The molecule has 1 N–H and O–H groups in total. The van der Waals surface area contributed by atoms with Crippen molar-refractivity contribution in [2.75, 3.05) is 13.2 Å². The van der Waals surface area contributed by atoms with Crippen LogP contribution in [-0.2, 0) is 6.18 Å². The van der Waals surface area contributed by atoms with Gasteiger partial charge < -0.3 is 14.8 Å². The molecular formula is C19H19F3N2O3. The molecule has 144 valence electrons. The summed E-state index contributed by atoms with van der Waals surface area (Å²) in [5, 5.41) is 2.86. The first-order chi connectivity index (χ1) is 12.8. The van der Waals surface area contributed by atoms with E-state index in [-0.39, 0.29) is 17.5 Å². The number of nitrogens with zero attached hydrogens (tertiary/aromatic N) is 1. The summed E-state index contributed by atoms with van der Waals surface area (Å²) in [6.45, 7) is 4.81. The van der Waals surface area contributed by atoms with Crippen LogP contribution < -0.4 is 14.8 Å². The lowest BCUT2D eigenvalue weighted by molar-refractivity contribution is -0.141. The molecule has 1 unspecified atom stereocenters. The maximum absolute atomic E-state index is 12.6. The average molecular weight is 380 g/mol. The van der Waals surface area contributed by atoms with Crippen LogP contribution in [-0.4, -0.2) is 24.1 Å². The number of halogens is 3. The van der Waals surface area contributed by atoms with Gasteiger partial charge >= 0.3 is 6.18 Å². The van der Waals surface area contributed by atoms with Gasteiger partial charge in [0.15, 0.2) is 11.5 Å². The lowest BCUT2D eigenvalue weighted by Gasteiger charge is -2.25. The van der Waals surface area contributed by atoms with Crippen molar-refractivity contribution in [1.82, 2.24) is 10.3 Å². The molecule has 27 heavy (non-hydrogen) atoms. The molecule has 1 aliphatic heterocycles. The van der Waals surface area contributed by atoms with Crippen molar-refractivity contribution in [2.24, 2.45) is 5.92 Å². The van der Waals surface area contributed by atoms with Gasteiger partial charge in [0, 0.05) is 6.20 Å². The minimum absolute atomic E-state index is 0.0407. The number of hydrogen-bond acceptors (Lipinski definition) is 4. The average Bonchev–Trinajstić information content (AvgIpc) is 2.64. The first-order valence-electron chi connectivity index (χ1n) is 8.49. The Morgan fingerprint density at radius 3 is 2.41 bits per heavy atom. The smallest absolute Gasteiger partial charge is 0.433 e. The summed E-state index contributed by atoms with van der Waals surface area (Å²) in [7, 11) is 0. The predicted molar refractivity (Wildman–Crippen MR) is 91.7 cm³/mol. The molecule has 0 spiro atoms. The second-order valence-corrected chi connectivity index (χ2v) is 6.53. The van der Waals surface area contributed by atoms with E-state index in [4.69, 9.17) is 9.47 Å². The van der Waals surface area contributed by atoms with Crippen LogP contribution in [0.3, 0.4) is 0 Å². The number of carbonyl (C=O) groups excluding carboxylic acids is 1. The van der Waals surface area contributed by atoms with E-state index in [0.717, 1.165) is 23.9 Å². The SMILES string of the molecule is CC(C)C(NC(=O)c1ccc(C(F)(F)F)nc1)c1ccc2c(c1)OCCO2. The first kappa shape index (κ1) is 19.0. The Bertz CT molecular complexity index is 820. The van der Waals surface area contributed by atoms with Gasteiger partial charge in [-0.25, -0.2) is 0 Å². The van der Waals surface area contributed by atoms with Crippen molar-refractivity contribution in [1.29, 1.82) is 0 Å².